The van der Waals surface area contributed by atoms with Gasteiger partial charge in [-0.05, 0) is 18.6 Å². The van der Waals surface area contributed by atoms with E-state index < -0.39 is 5.82 Å². The van der Waals surface area contributed by atoms with E-state index in [-0.39, 0.29) is 19.0 Å². The molecule has 0 saturated heterocycles. The van der Waals surface area contributed by atoms with Gasteiger partial charge in [0.15, 0.2) is 11.6 Å². The van der Waals surface area contributed by atoms with Gasteiger partial charge in [-0.15, -0.1) is 0 Å². The molecule has 3 nitrogen and oxygen atoms in total. The second kappa shape index (κ2) is 4.09. The van der Waals surface area contributed by atoms with Gasteiger partial charge in [0.25, 0.3) is 0 Å². The molecule has 1 aromatic rings. The van der Waals surface area contributed by atoms with Gasteiger partial charge < -0.3 is 15.6 Å². The molecule has 0 aliphatic rings. The smallest absolute Gasteiger partial charge is 0.165 e. The molecular formula is C9H12FNO2. The molecule has 0 saturated carbocycles. The maximum atomic E-state index is 13.1. The number of hydrogen-bond donors (Lipinski definition) is 2. The van der Waals surface area contributed by atoms with Gasteiger partial charge in [0.05, 0.1) is 6.61 Å². The number of hydrogen-bond acceptors (Lipinski definition) is 3. The molecular weight excluding hydrogens is 173 g/mol. The lowest BCUT2D eigenvalue weighted by Gasteiger charge is -2.07. The van der Waals surface area contributed by atoms with Crippen molar-refractivity contribution in [3.8, 4) is 5.75 Å². The van der Waals surface area contributed by atoms with Gasteiger partial charge >= 0.3 is 0 Å². The molecule has 72 valence electrons. The molecule has 0 fully saturated rings. The largest absolute Gasteiger partial charge is 0.488 e. The Hall–Kier alpha value is -1.29. The topological polar surface area (TPSA) is 55.5 Å². The number of rotatable bonds is 3. The van der Waals surface area contributed by atoms with Gasteiger partial charge in [0, 0.05) is 11.8 Å². The van der Waals surface area contributed by atoms with Crippen LogP contribution in [0.1, 0.15) is 5.56 Å². The Kier molecular flexibility index (Phi) is 3.08. The number of ether oxygens (including phenoxy) is 1. The Morgan fingerprint density at radius 3 is 2.85 bits per heavy atom. The number of nitrogen functional groups attached to an aromatic ring is 1. The third-order valence-corrected chi connectivity index (χ3v) is 1.67. The first-order chi connectivity index (χ1) is 6.15. The number of anilines is 1. The molecule has 0 heterocycles. The second-order valence-corrected chi connectivity index (χ2v) is 2.71. The zero-order valence-corrected chi connectivity index (χ0v) is 7.38. The van der Waals surface area contributed by atoms with Crippen molar-refractivity contribution in [3.63, 3.8) is 0 Å². The summed E-state index contributed by atoms with van der Waals surface area (Å²) in [6, 6.07) is 2.72. The van der Waals surface area contributed by atoms with Crippen LogP contribution in [-0.2, 0) is 0 Å². The summed E-state index contributed by atoms with van der Waals surface area (Å²) in [6.07, 6.45) is 0. The van der Waals surface area contributed by atoms with E-state index >= 15 is 0 Å². The van der Waals surface area contributed by atoms with Crippen LogP contribution in [0.5, 0.6) is 5.75 Å². The quantitative estimate of drug-likeness (QED) is 0.693. The fraction of sp³-hybridized carbons (Fsp3) is 0.333. The molecule has 1 rings (SSSR count). The zero-order valence-electron chi connectivity index (χ0n) is 7.38. The highest BCUT2D eigenvalue weighted by Gasteiger charge is 2.05. The van der Waals surface area contributed by atoms with Crippen molar-refractivity contribution in [1.82, 2.24) is 0 Å². The van der Waals surface area contributed by atoms with Gasteiger partial charge in [0.1, 0.15) is 6.61 Å². The van der Waals surface area contributed by atoms with E-state index in [2.05, 4.69) is 0 Å². The molecule has 0 unspecified atom stereocenters. The van der Waals surface area contributed by atoms with Crippen molar-refractivity contribution >= 4 is 5.69 Å². The Balaban J connectivity index is 2.88. The maximum Gasteiger partial charge on any atom is 0.165 e. The average molecular weight is 185 g/mol. The van der Waals surface area contributed by atoms with Crippen LogP contribution in [0.4, 0.5) is 10.1 Å². The van der Waals surface area contributed by atoms with Crippen molar-refractivity contribution in [1.29, 1.82) is 0 Å². The van der Waals surface area contributed by atoms with Crippen LogP contribution in [0.25, 0.3) is 0 Å². The second-order valence-electron chi connectivity index (χ2n) is 2.71. The van der Waals surface area contributed by atoms with Crippen LogP contribution >= 0.6 is 0 Å². The van der Waals surface area contributed by atoms with E-state index in [0.29, 0.717) is 11.3 Å². The van der Waals surface area contributed by atoms with Crippen LogP contribution in [0, 0.1) is 12.7 Å². The minimum atomic E-state index is -0.458. The lowest BCUT2D eigenvalue weighted by atomic mass is 10.2. The number of nitrogens with two attached hydrogens (primary N) is 1. The summed E-state index contributed by atoms with van der Waals surface area (Å²) < 4.78 is 18.0. The van der Waals surface area contributed by atoms with E-state index in [1.54, 1.807) is 6.92 Å². The molecule has 13 heavy (non-hydrogen) atoms. The summed E-state index contributed by atoms with van der Waals surface area (Å²) in [5.41, 5.74) is 6.71. The predicted octanol–water partition coefficient (Wildman–Crippen LogP) is 1.09. The van der Waals surface area contributed by atoms with Crippen molar-refractivity contribution in [2.24, 2.45) is 0 Å². The monoisotopic (exact) mass is 185 g/mol. The molecule has 1 aromatic carbocycles. The number of aliphatic hydroxyl groups excluding tert-OH is 1. The highest BCUT2D eigenvalue weighted by molar-refractivity contribution is 5.51. The maximum absolute atomic E-state index is 13.1. The van der Waals surface area contributed by atoms with Crippen LogP contribution < -0.4 is 10.5 Å². The first kappa shape index (κ1) is 9.80. The van der Waals surface area contributed by atoms with Crippen molar-refractivity contribution in [3.05, 3.63) is 23.5 Å². The molecule has 0 radical (unpaired) electrons. The molecule has 0 spiro atoms. The number of halogens is 1. The zero-order chi connectivity index (χ0) is 9.84. The van der Waals surface area contributed by atoms with E-state index in [4.69, 9.17) is 15.6 Å². The van der Waals surface area contributed by atoms with Gasteiger partial charge in [-0.25, -0.2) is 4.39 Å². The Bertz CT molecular complexity index is 302. The predicted molar refractivity (Wildman–Crippen MR) is 48.1 cm³/mol. The van der Waals surface area contributed by atoms with Crippen molar-refractivity contribution in [2.45, 2.75) is 6.92 Å². The van der Waals surface area contributed by atoms with Crippen LogP contribution in [-0.4, -0.2) is 18.3 Å². The number of aryl methyl sites for hydroxylation is 1. The van der Waals surface area contributed by atoms with E-state index in [9.17, 15) is 4.39 Å². The fourth-order valence-corrected chi connectivity index (χ4v) is 0.935. The Labute approximate surface area is 75.9 Å². The molecule has 0 aliphatic heterocycles. The summed E-state index contributed by atoms with van der Waals surface area (Å²) in [6.45, 7) is 1.64. The molecule has 0 atom stereocenters. The SMILES string of the molecule is Cc1cc(F)c(OCCO)cc1N. The number of benzene rings is 1. The minimum absolute atomic E-state index is 0.0689. The summed E-state index contributed by atoms with van der Waals surface area (Å²) in [5.74, 6) is -0.377. The molecule has 4 heteroatoms. The molecule has 0 aromatic heterocycles. The lowest BCUT2D eigenvalue weighted by Crippen LogP contribution is -2.04. The highest BCUT2D eigenvalue weighted by Crippen LogP contribution is 2.23. The van der Waals surface area contributed by atoms with Gasteiger partial charge in [-0.1, -0.05) is 0 Å². The highest BCUT2D eigenvalue weighted by atomic mass is 19.1. The third-order valence-electron chi connectivity index (χ3n) is 1.67. The Morgan fingerprint density at radius 2 is 2.23 bits per heavy atom. The summed E-state index contributed by atoms with van der Waals surface area (Å²) >= 11 is 0. The molecule has 3 N–H and O–H groups in total. The molecule has 0 bridgehead atoms. The van der Waals surface area contributed by atoms with E-state index in [0.717, 1.165) is 0 Å². The number of aliphatic hydroxyl groups is 1. The van der Waals surface area contributed by atoms with E-state index in [1.807, 2.05) is 0 Å². The standard InChI is InChI=1S/C9H12FNO2/c1-6-4-7(10)9(5-8(6)11)13-3-2-12/h4-5,12H,2-3,11H2,1H3. The summed E-state index contributed by atoms with van der Waals surface area (Å²) in [5, 5.41) is 8.46. The van der Waals surface area contributed by atoms with Crippen LogP contribution in [0.15, 0.2) is 12.1 Å². The van der Waals surface area contributed by atoms with E-state index in [1.165, 1.54) is 12.1 Å². The lowest BCUT2D eigenvalue weighted by molar-refractivity contribution is 0.196. The molecule has 0 aliphatic carbocycles. The van der Waals surface area contributed by atoms with Gasteiger partial charge in [-0.3, -0.25) is 0 Å². The Morgan fingerprint density at radius 1 is 1.54 bits per heavy atom. The normalized spacial score (nSPS) is 10.1. The van der Waals surface area contributed by atoms with Crippen molar-refractivity contribution in [2.75, 3.05) is 18.9 Å². The third kappa shape index (κ3) is 2.32. The molecule has 0 amide bonds. The van der Waals surface area contributed by atoms with Crippen LogP contribution in [0.2, 0.25) is 0 Å². The van der Waals surface area contributed by atoms with Crippen LogP contribution in [0.3, 0.4) is 0 Å². The first-order valence-electron chi connectivity index (χ1n) is 3.94. The van der Waals surface area contributed by atoms with Gasteiger partial charge in [0.2, 0.25) is 0 Å². The minimum Gasteiger partial charge on any atom is -0.488 e. The van der Waals surface area contributed by atoms with Crippen molar-refractivity contribution < 1.29 is 14.2 Å². The summed E-state index contributed by atoms with van der Waals surface area (Å²) in [7, 11) is 0. The fourth-order valence-electron chi connectivity index (χ4n) is 0.935. The average Bonchev–Trinajstić information content (AvgIpc) is 2.09. The summed E-state index contributed by atoms with van der Waals surface area (Å²) in [4.78, 5) is 0. The van der Waals surface area contributed by atoms with Gasteiger partial charge in [-0.2, -0.15) is 0 Å². The first-order valence-corrected chi connectivity index (χ1v) is 3.94.